The van der Waals surface area contributed by atoms with Gasteiger partial charge in [-0.25, -0.2) is 0 Å². The van der Waals surface area contributed by atoms with Crippen molar-refractivity contribution in [3.63, 3.8) is 0 Å². The topological polar surface area (TPSA) is 59.6 Å². The predicted molar refractivity (Wildman–Crippen MR) is 100 cm³/mol. The molecule has 2 aromatic carbocycles. The summed E-state index contributed by atoms with van der Waals surface area (Å²) >= 11 is 0. The zero-order valence-electron chi connectivity index (χ0n) is 15.4. The maximum Gasteiger partial charge on any atom is 0.241 e. The quantitative estimate of drug-likeness (QED) is 0.806. The number of amides is 1. The lowest BCUT2D eigenvalue weighted by Gasteiger charge is -2.22. The Morgan fingerprint density at radius 1 is 1.04 bits per heavy atom. The number of para-hydroxylation sites is 1. The standard InChI is InChI=1S/C20H26N2O3/c1-13-8-6-7-9-18(13)22-20(23)15(3)21-14(2)17-12-16(24-4)10-11-19(17)25-5/h6-12,14-15,21H,1-5H3,(H,22,23). The van der Waals surface area contributed by atoms with E-state index in [-0.39, 0.29) is 18.0 Å². The summed E-state index contributed by atoms with van der Waals surface area (Å²) in [5.41, 5.74) is 2.80. The maximum absolute atomic E-state index is 12.5. The summed E-state index contributed by atoms with van der Waals surface area (Å²) < 4.78 is 10.7. The molecule has 0 spiro atoms. The number of carbonyl (C=O) groups excluding carboxylic acids is 1. The molecule has 5 nitrogen and oxygen atoms in total. The van der Waals surface area contributed by atoms with Gasteiger partial charge in [0.15, 0.2) is 0 Å². The summed E-state index contributed by atoms with van der Waals surface area (Å²) in [5.74, 6) is 1.43. The van der Waals surface area contributed by atoms with E-state index in [1.54, 1.807) is 14.2 Å². The molecule has 0 saturated carbocycles. The number of aryl methyl sites for hydroxylation is 1. The maximum atomic E-state index is 12.5. The number of anilines is 1. The van der Waals surface area contributed by atoms with Crippen LogP contribution in [-0.4, -0.2) is 26.2 Å². The number of rotatable bonds is 7. The van der Waals surface area contributed by atoms with Gasteiger partial charge in [0.2, 0.25) is 5.91 Å². The van der Waals surface area contributed by atoms with Gasteiger partial charge in [-0.3, -0.25) is 10.1 Å². The second-order valence-corrected chi connectivity index (χ2v) is 6.02. The van der Waals surface area contributed by atoms with Crippen molar-refractivity contribution in [1.29, 1.82) is 0 Å². The van der Waals surface area contributed by atoms with E-state index in [4.69, 9.17) is 9.47 Å². The van der Waals surface area contributed by atoms with Crippen LogP contribution in [0.4, 0.5) is 5.69 Å². The van der Waals surface area contributed by atoms with Crippen molar-refractivity contribution in [3.05, 3.63) is 53.6 Å². The molecule has 0 saturated heterocycles. The van der Waals surface area contributed by atoms with Crippen molar-refractivity contribution in [2.75, 3.05) is 19.5 Å². The summed E-state index contributed by atoms with van der Waals surface area (Å²) in [4.78, 5) is 12.5. The normalized spacial score (nSPS) is 13.0. The highest BCUT2D eigenvalue weighted by Crippen LogP contribution is 2.29. The Balaban J connectivity index is 2.08. The molecule has 134 valence electrons. The molecule has 25 heavy (non-hydrogen) atoms. The van der Waals surface area contributed by atoms with Crippen molar-refractivity contribution in [1.82, 2.24) is 5.32 Å². The van der Waals surface area contributed by atoms with Gasteiger partial charge in [0.1, 0.15) is 11.5 Å². The Morgan fingerprint density at radius 2 is 1.76 bits per heavy atom. The van der Waals surface area contributed by atoms with E-state index in [0.717, 1.165) is 28.3 Å². The molecule has 0 radical (unpaired) electrons. The third kappa shape index (κ3) is 4.73. The first kappa shape index (κ1) is 18.8. The lowest BCUT2D eigenvalue weighted by Crippen LogP contribution is -2.39. The average molecular weight is 342 g/mol. The van der Waals surface area contributed by atoms with Crippen LogP contribution in [0, 0.1) is 6.92 Å². The van der Waals surface area contributed by atoms with Gasteiger partial charge < -0.3 is 14.8 Å². The minimum Gasteiger partial charge on any atom is -0.497 e. The fourth-order valence-corrected chi connectivity index (χ4v) is 2.67. The number of ether oxygens (including phenoxy) is 2. The van der Waals surface area contributed by atoms with Crippen molar-refractivity contribution < 1.29 is 14.3 Å². The van der Waals surface area contributed by atoms with Crippen molar-refractivity contribution in [3.8, 4) is 11.5 Å². The van der Waals surface area contributed by atoms with Gasteiger partial charge in [-0.2, -0.15) is 0 Å². The SMILES string of the molecule is COc1ccc(OC)c(C(C)NC(C)C(=O)Nc2ccccc2C)c1. The molecule has 2 atom stereocenters. The van der Waals surface area contributed by atoms with Crippen LogP contribution in [0.5, 0.6) is 11.5 Å². The van der Waals surface area contributed by atoms with Crippen LogP contribution in [-0.2, 0) is 4.79 Å². The molecule has 1 amide bonds. The first-order valence-electron chi connectivity index (χ1n) is 8.30. The van der Waals surface area contributed by atoms with Crippen LogP contribution in [0.2, 0.25) is 0 Å². The van der Waals surface area contributed by atoms with Gasteiger partial charge in [0.05, 0.1) is 20.3 Å². The molecule has 0 heterocycles. The van der Waals surface area contributed by atoms with E-state index >= 15 is 0 Å². The lowest BCUT2D eigenvalue weighted by atomic mass is 10.1. The van der Waals surface area contributed by atoms with E-state index in [9.17, 15) is 4.79 Å². The lowest BCUT2D eigenvalue weighted by molar-refractivity contribution is -0.117. The molecule has 0 aliphatic heterocycles. The predicted octanol–water partition coefficient (Wildman–Crippen LogP) is 3.69. The molecular weight excluding hydrogens is 316 g/mol. The number of hydrogen-bond donors (Lipinski definition) is 2. The minimum atomic E-state index is -0.370. The smallest absolute Gasteiger partial charge is 0.241 e. The zero-order valence-corrected chi connectivity index (χ0v) is 15.4. The molecule has 0 aliphatic rings. The Labute approximate surface area is 149 Å². The molecule has 2 rings (SSSR count). The molecule has 0 aliphatic carbocycles. The Hall–Kier alpha value is -2.53. The van der Waals surface area contributed by atoms with Gasteiger partial charge >= 0.3 is 0 Å². The highest BCUT2D eigenvalue weighted by molar-refractivity contribution is 5.95. The van der Waals surface area contributed by atoms with Gasteiger partial charge in [-0.05, 0) is 50.6 Å². The van der Waals surface area contributed by atoms with Crippen LogP contribution in [0.25, 0.3) is 0 Å². The van der Waals surface area contributed by atoms with Crippen LogP contribution < -0.4 is 20.1 Å². The third-order valence-electron chi connectivity index (χ3n) is 4.20. The van der Waals surface area contributed by atoms with Crippen LogP contribution in [0.3, 0.4) is 0 Å². The van der Waals surface area contributed by atoms with Gasteiger partial charge in [-0.1, -0.05) is 18.2 Å². The van der Waals surface area contributed by atoms with E-state index < -0.39 is 0 Å². The number of methoxy groups -OCH3 is 2. The second-order valence-electron chi connectivity index (χ2n) is 6.02. The molecule has 2 aromatic rings. The third-order valence-corrected chi connectivity index (χ3v) is 4.20. The molecule has 0 bridgehead atoms. The number of hydrogen-bond acceptors (Lipinski definition) is 4. The van der Waals surface area contributed by atoms with Crippen LogP contribution in [0.15, 0.2) is 42.5 Å². The molecule has 2 N–H and O–H groups in total. The van der Waals surface area contributed by atoms with Gasteiger partial charge in [0.25, 0.3) is 0 Å². The Bertz CT molecular complexity index is 731. The van der Waals surface area contributed by atoms with E-state index in [1.807, 2.05) is 63.2 Å². The summed E-state index contributed by atoms with van der Waals surface area (Å²) in [6.45, 7) is 5.81. The van der Waals surface area contributed by atoms with E-state index in [0.29, 0.717) is 0 Å². The zero-order chi connectivity index (χ0) is 18.4. The number of carbonyl (C=O) groups is 1. The fraction of sp³-hybridized carbons (Fsp3) is 0.350. The van der Waals surface area contributed by atoms with E-state index in [2.05, 4.69) is 10.6 Å². The highest BCUT2D eigenvalue weighted by atomic mass is 16.5. The van der Waals surface area contributed by atoms with Crippen LogP contribution >= 0.6 is 0 Å². The van der Waals surface area contributed by atoms with Gasteiger partial charge in [0, 0.05) is 17.3 Å². The summed E-state index contributed by atoms with van der Waals surface area (Å²) in [7, 11) is 3.26. The van der Waals surface area contributed by atoms with E-state index in [1.165, 1.54) is 0 Å². The Kier molecular flexibility index (Phi) is 6.42. The van der Waals surface area contributed by atoms with Crippen molar-refractivity contribution >= 4 is 11.6 Å². The molecular formula is C20H26N2O3. The first-order chi connectivity index (χ1) is 12.0. The van der Waals surface area contributed by atoms with Crippen LogP contribution in [0.1, 0.15) is 31.0 Å². The summed E-state index contributed by atoms with van der Waals surface area (Å²) in [5, 5.41) is 6.27. The number of nitrogens with one attached hydrogen (secondary N) is 2. The molecule has 5 heteroatoms. The largest absolute Gasteiger partial charge is 0.497 e. The minimum absolute atomic E-state index is 0.0805. The molecule has 0 fully saturated rings. The molecule has 2 unspecified atom stereocenters. The monoisotopic (exact) mass is 342 g/mol. The molecule has 0 aromatic heterocycles. The fourth-order valence-electron chi connectivity index (χ4n) is 2.67. The second kappa shape index (κ2) is 8.53. The van der Waals surface area contributed by atoms with Gasteiger partial charge in [-0.15, -0.1) is 0 Å². The van der Waals surface area contributed by atoms with Crippen molar-refractivity contribution in [2.45, 2.75) is 32.9 Å². The summed E-state index contributed by atoms with van der Waals surface area (Å²) in [6, 6.07) is 12.9. The average Bonchev–Trinajstić information content (AvgIpc) is 2.62. The van der Waals surface area contributed by atoms with Crippen molar-refractivity contribution in [2.24, 2.45) is 0 Å². The number of benzene rings is 2. The Morgan fingerprint density at radius 3 is 2.40 bits per heavy atom. The first-order valence-corrected chi connectivity index (χ1v) is 8.30. The summed E-state index contributed by atoms with van der Waals surface area (Å²) in [6.07, 6.45) is 0. The highest BCUT2D eigenvalue weighted by Gasteiger charge is 2.19.